The lowest BCUT2D eigenvalue weighted by Gasteiger charge is -2.13. The van der Waals surface area contributed by atoms with Gasteiger partial charge in [-0.05, 0) is 55.8 Å². The molecule has 0 radical (unpaired) electrons. The molecule has 0 fully saturated rings. The fourth-order valence-corrected chi connectivity index (χ4v) is 4.00. The number of hydrogen-bond acceptors (Lipinski definition) is 5. The highest BCUT2D eigenvalue weighted by Crippen LogP contribution is 2.21. The van der Waals surface area contributed by atoms with Gasteiger partial charge >= 0.3 is 0 Å². The van der Waals surface area contributed by atoms with Gasteiger partial charge in [0.25, 0.3) is 5.56 Å². The standard InChI is InChI=1S/C21H21BrFN3O3S/c1-2-29-11-3-10-26-20(28)17-12-14(22)4-9-18(17)25-21(26)30-13-19(27)24-16-7-5-15(23)6-8-16/h4-9,12H,2-3,10-11,13H2,1H3,(H,24,27). The minimum absolute atomic E-state index is 0.0668. The number of carbonyl (C=O) groups is 1. The topological polar surface area (TPSA) is 73.2 Å². The van der Waals surface area contributed by atoms with Crippen molar-refractivity contribution >= 4 is 50.2 Å². The number of hydrogen-bond donors (Lipinski definition) is 1. The van der Waals surface area contributed by atoms with Crippen LogP contribution in [0.25, 0.3) is 10.9 Å². The summed E-state index contributed by atoms with van der Waals surface area (Å²) >= 11 is 4.58. The predicted octanol–water partition coefficient (Wildman–Crippen LogP) is 4.46. The lowest BCUT2D eigenvalue weighted by molar-refractivity contribution is -0.113. The number of thioether (sulfide) groups is 1. The van der Waals surface area contributed by atoms with Crippen LogP contribution in [0.5, 0.6) is 0 Å². The second-order valence-electron chi connectivity index (χ2n) is 6.41. The van der Waals surface area contributed by atoms with E-state index in [1.165, 1.54) is 36.0 Å². The van der Waals surface area contributed by atoms with Gasteiger partial charge in [0.2, 0.25) is 5.91 Å². The first kappa shape index (κ1) is 22.5. The minimum Gasteiger partial charge on any atom is -0.382 e. The molecule has 0 aliphatic rings. The number of benzene rings is 2. The number of carbonyl (C=O) groups excluding carboxylic acids is 1. The summed E-state index contributed by atoms with van der Waals surface area (Å²) < 4.78 is 20.8. The van der Waals surface area contributed by atoms with Crippen molar-refractivity contribution in [1.82, 2.24) is 9.55 Å². The summed E-state index contributed by atoms with van der Waals surface area (Å²) in [5.41, 5.74) is 0.928. The fourth-order valence-electron chi connectivity index (χ4n) is 2.81. The number of nitrogens with zero attached hydrogens (tertiary/aromatic N) is 2. The zero-order valence-corrected chi connectivity index (χ0v) is 18.8. The van der Waals surface area contributed by atoms with E-state index in [9.17, 15) is 14.0 Å². The van der Waals surface area contributed by atoms with Gasteiger partial charge in [-0.3, -0.25) is 14.2 Å². The average molecular weight is 494 g/mol. The molecule has 0 aliphatic carbocycles. The summed E-state index contributed by atoms with van der Waals surface area (Å²) in [6.07, 6.45) is 0.657. The van der Waals surface area contributed by atoms with Crippen LogP contribution in [-0.2, 0) is 16.1 Å². The average Bonchev–Trinajstić information content (AvgIpc) is 2.73. The van der Waals surface area contributed by atoms with Gasteiger partial charge in [0.1, 0.15) is 5.82 Å². The Morgan fingerprint density at radius 3 is 2.77 bits per heavy atom. The van der Waals surface area contributed by atoms with E-state index in [1.54, 1.807) is 16.7 Å². The van der Waals surface area contributed by atoms with Crippen LogP contribution in [0.15, 0.2) is 56.9 Å². The number of ether oxygens (including phenoxy) is 1. The first-order valence-corrected chi connectivity index (χ1v) is 11.2. The molecule has 0 saturated carbocycles. The Kier molecular flexibility index (Phi) is 8.01. The maximum atomic E-state index is 13.0. The lowest BCUT2D eigenvalue weighted by Crippen LogP contribution is -2.25. The molecule has 1 heterocycles. The smallest absolute Gasteiger partial charge is 0.262 e. The first-order chi connectivity index (χ1) is 14.5. The van der Waals surface area contributed by atoms with E-state index in [0.29, 0.717) is 47.9 Å². The van der Waals surface area contributed by atoms with E-state index in [4.69, 9.17) is 4.74 Å². The van der Waals surface area contributed by atoms with Gasteiger partial charge in [-0.25, -0.2) is 9.37 Å². The predicted molar refractivity (Wildman–Crippen MR) is 121 cm³/mol. The molecule has 30 heavy (non-hydrogen) atoms. The van der Waals surface area contributed by atoms with Gasteiger partial charge in [-0.1, -0.05) is 27.7 Å². The molecule has 0 atom stereocenters. The maximum absolute atomic E-state index is 13.0. The maximum Gasteiger partial charge on any atom is 0.262 e. The van der Waals surface area contributed by atoms with Crippen LogP contribution >= 0.6 is 27.7 Å². The highest BCUT2D eigenvalue weighted by Gasteiger charge is 2.14. The number of anilines is 1. The summed E-state index contributed by atoms with van der Waals surface area (Å²) in [4.78, 5) is 30.0. The van der Waals surface area contributed by atoms with Crippen LogP contribution in [0.4, 0.5) is 10.1 Å². The molecule has 1 N–H and O–H groups in total. The monoisotopic (exact) mass is 493 g/mol. The Balaban J connectivity index is 1.79. The van der Waals surface area contributed by atoms with Crippen molar-refractivity contribution < 1.29 is 13.9 Å². The van der Waals surface area contributed by atoms with Gasteiger partial charge in [-0.2, -0.15) is 0 Å². The lowest BCUT2D eigenvalue weighted by atomic mass is 10.2. The van der Waals surface area contributed by atoms with E-state index in [2.05, 4.69) is 26.2 Å². The SMILES string of the molecule is CCOCCCn1c(SCC(=O)Nc2ccc(F)cc2)nc2ccc(Br)cc2c1=O. The van der Waals surface area contributed by atoms with Gasteiger partial charge in [0.05, 0.1) is 16.7 Å². The summed E-state index contributed by atoms with van der Waals surface area (Å²) in [6, 6.07) is 10.9. The molecule has 158 valence electrons. The molecule has 0 saturated heterocycles. The largest absolute Gasteiger partial charge is 0.382 e. The number of halogens is 2. The zero-order valence-electron chi connectivity index (χ0n) is 16.4. The normalized spacial score (nSPS) is 11.0. The Morgan fingerprint density at radius 2 is 2.03 bits per heavy atom. The number of aromatic nitrogens is 2. The molecule has 0 unspecified atom stereocenters. The number of nitrogens with one attached hydrogen (secondary N) is 1. The number of amides is 1. The van der Waals surface area contributed by atoms with Crippen LogP contribution in [0.2, 0.25) is 0 Å². The van der Waals surface area contributed by atoms with E-state index < -0.39 is 0 Å². The van der Waals surface area contributed by atoms with Gasteiger partial charge in [0, 0.05) is 29.9 Å². The molecule has 3 aromatic rings. The van der Waals surface area contributed by atoms with Crippen LogP contribution in [-0.4, -0.2) is 34.4 Å². The van der Waals surface area contributed by atoms with Gasteiger partial charge in [0.15, 0.2) is 5.16 Å². The quantitative estimate of drug-likeness (QED) is 0.270. The minimum atomic E-state index is -0.370. The molecule has 6 nitrogen and oxygen atoms in total. The molecule has 1 aromatic heterocycles. The van der Waals surface area contributed by atoms with Crippen LogP contribution in [0.1, 0.15) is 13.3 Å². The van der Waals surface area contributed by atoms with E-state index >= 15 is 0 Å². The summed E-state index contributed by atoms with van der Waals surface area (Å²) in [5, 5.41) is 3.70. The van der Waals surface area contributed by atoms with Crippen LogP contribution < -0.4 is 10.9 Å². The van der Waals surface area contributed by atoms with E-state index in [1.807, 2.05) is 13.0 Å². The first-order valence-electron chi connectivity index (χ1n) is 9.44. The molecule has 0 spiro atoms. The molecule has 3 rings (SSSR count). The third kappa shape index (κ3) is 5.90. The van der Waals surface area contributed by atoms with Crippen LogP contribution in [0, 0.1) is 5.82 Å². The number of fused-ring (bicyclic) bond motifs is 1. The zero-order chi connectivity index (χ0) is 21.5. The van der Waals surface area contributed by atoms with Crippen molar-refractivity contribution in [1.29, 1.82) is 0 Å². The highest BCUT2D eigenvalue weighted by atomic mass is 79.9. The van der Waals surface area contributed by atoms with Crippen molar-refractivity contribution in [3.05, 3.63) is 63.1 Å². The molecule has 0 aliphatic heterocycles. The molecule has 1 amide bonds. The van der Waals surface area contributed by atoms with Crippen LogP contribution in [0.3, 0.4) is 0 Å². The molecule has 9 heteroatoms. The third-order valence-corrected chi connectivity index (χ3v) is 5.69. The van der Waals surface area contributed by atoms with Crippen molar-refractivity contribution in [2.24, 2.45) is 0 Å². The van der Waals surface area contributed by atoms with Gasteiger partial charge < -0.3 is 10.1 Å². The van der Waals surface area contributed by atoms with E-state index in [-0.39, 0.29) is 23.0 Å². The molecule has 2 aromatic carbocycles. The Morgan fingerprint density at radius 1 is 1.27 bits per heavy atom. The highest BCUT2D eigenvalue weighted by molar-refractivity contribution is 9.10. The van der Waals surface area contributed by atoms with Gasteiger partial charge in [-0.15, -0.1) is 0 Å². The summed E-state index contributed by atoms with van der Waals surface area (Å²) in [7, 11) is 0. The van der Waals surface area contributed by atoms with Crippen molar-refractivity contribution in [2.45, 2.75) is 25.0 Å². The Hall–Kier alpha value is -2.23. The Labute approximate surface area is 186 Å². The van der Waals surface area contributed by atoms with Crippen molar-refractivity contribution in [3.8, 4) is 0 Å². The summed E-state index contributed by atoms with van der Waals surface area (Å²) in [5.74, 6) is -0.569. The fraction of sp³-hybridized carbons (Fsp3) is 0.286. The third-order valence-electron chi connectivity index (χ3n) is 4.22. The molecular formula is C21H21BrFN3O3S. The van der Waals surface area contributed by atoms with Crippen molar-refractivity contribution in [2.75, 3.05) is 24.3 Å². The van der Waals surface area contributed by atoms with Crippen molar-refractivity contribution in [3.63, 3.8) is 0 Å². The second kappa shape index (κ2) is 10.7. The molecular weight excluding hydrogens is 473 g/mol. The number of rotatable bonds is 9. The van der Waals surface area contributed by atoms with E-state index in [0.717, 1.165) is 4.47 Å². The molecule has 0 bridgehead atoms. The second-order valence-corrected chi connectivity index (χ2v) is 8.27. The Bertz CT molecular complexity index is 1090. The summed E-state index contributed by atoms with van der Waals surface area (Å²) in [6.45, 7) is 3.51.